The van der Waals surface area contributed by atoms with Gasteiger partial charge in [-0.15, -0.1) is 0 Å². The normalized spacial score (nSPS) is 12.7. The zero-order chi connectivity index (χ0) is 12.1. The molecule has 0 radical (unpaired) electrons. The van der Waals surface area contributed by atoms with Crippen molar-refractivity contribution in [1.29, 1.82) is 0 Å². The van der Waals surface area contributed by atoms with E-state index >= 15 is 0 Å². The summed E-state index contributed by atoms with van der Waals surface area (Å²) in [5.41, 5.74) is 0.612. The van der Waals surface area contributed by atoms with E-state index in [1.54, 1.807) is 13.0 Å². The average Bonchev–Trinajstić information content (AvgIpc) is 2.61. The van der Waals surface area contributed by atoms with Gasteiger partial charge < -0.3 is 19.9 Å². The van der Waals surface area contributed by atoms with Crippen LogP contribution in [0.4, 0.5) is 0 Å². The van der Waals surface area contributed by atoms with E-state index < -0.39 is 5.97 Å². The molecule has 0 aliphatic heterocycles. The first-order valence-electron chi connectivity index (χ1n) is 5.25. The summed E-state index contributed by atoms with van der Waals surface area (Å²) in [7, 11) is 0. The SMILES string of the molecule is CCC(CO)NCc1cc(C)c(C(=O)O)o1. The topological polar surface area (TPSA) is 82.7 Å². The van der Waals surface area contributed by atoms with Crippen LogP contribution in [-0.4, -0.2) is 28.8 Å². The van der Waals surface area contributed by atoms with E-state index in [9.17, 15) is 4.79 Å². The molecule has 5 heteroatoms. The van der Waals surface area contributed by atoms with E-state index in [1.165, 1.54) is 0 Å². The molecule has 1 rings (SSSR count). The quantitative estimate of drug-likeness (QED) is 0.679. The van der Waals surface area contributed by atoms with Crippen LogP contribution in [0.3, 0.4) is 0 Å². The van der Waals surface area contributed by atoms with Crippen LogP contribution in [0, 0.1) is 6.92 Å². The van der Waals surface area contributed by atoms with Crippen molar-refractivity contribution in [3.8, 4) is 0 Å². The summed E-state index contributed by atoms with van der Waals surface area (Å²) in [6, 6.07) is 1.71. The molecule has 1 atom stereocenters. The molecule has 0 aliphatic carbocycles. The van der Waals surface area contributed by atoms with Crippen LogP contribution < -0.4 is 5.32 Å². The number of nitrogens with one attached hydrogen (secondary N) is 1. The predicted molar refractivity (Wildman–Crippen MR) is 58.4 cm³/mol. The highest BCUT2D eigenvalue weighted by molar-refractivity contribution is 5.86. The summed E-state index contributed by atoms with van der Waals surface area (Å²) in [5, 5.41) is 20.8. The molecule has 0 saturated heterocycles. The highest BCUT2D eigenvalue weighted by atomic mass is 16.4. The molecule has 1 aromatic heterocycles. The lowest BCUT2D eigenvalue weighted by atomic mass is 10.2. The molecule has 1 unspecified atom stereocenters. The van der Waals surface area contributed by atoms with Gasteiger partial charge >= 0.3 is 5.97 Å². The largest absolute Gasteiger partial charge is 0.475 e. The summed E-state index contributed by atoms with van der Waals surface area (Å²) in [6.07, 6.45) is 0.808. The number of carbonyl (C=O) groups is 1. The number of aliphatic hydroxyl groups is 1. The Morgan fingerprint density at radius 2 is 2.31 bits per heavy atom. The smallest absolute Gasteiger partial charge is 0.372 e. The molecule has 0 spiro atoms. The number of carboxylic acids is 1. The Morgan fingerprint density at radius 3 is 2.75 bits per heavy atom. The van der Waals surface area contributed by atoms with Gasteiger partial charge in [0, 0.05) is 11.6 Å². The number of furan rings is 1. The minimum Gasteiger partial charge on any atom is -0.475 e. The molecule has 16 heavy (non-hydrogen) atoms. The van der Waals surface area contributed by atoms with Gasteiger partial charge in [-0.1, -0.05) is 6.92 Å². The molecular weight excluding hydrogens is 210 g/mol. The van der Waals surface area contributed by atoms with Gasteiger partial charge in [-0.25, -0.2) is 4.79 Å². The van der Waals surface area contributed by atoms with Crippen LogP contribution in [0.5, 0.6) is 0 Å². The molecule has 0 fully saturated rings. The lowest BCUT2D eigenvalue weighted by Gasteiger charge is -2.12. The maximum atomic E-state index is 10.7. The monoisotopic (exact) mass is 227 g/mol. The van der Waals surface area contributed by atoms with E-state index in [1.807, 2.05) is 6.92 Å². The molecule has 0 aromatic carbocycles. The fourth-order valence-corrected chi connectivity index (χ4v) is 1.43. The molecular formula is C11H17NO4. The maximum absolute atomic E-state index is 10.7. The minimum atomic E-state index is -1.06. The van der Waals surface area contributed by atoms with Crippen molar-refractivity contribution in [1.82, 2.24) is 5.32 Å². The van der Waals surface area contributed by atoms with Gasteiger partial charge in [-0.05, 0) is 19.4 Å². The van der Waals surface area contributed by atoms with Crippen LogP contribution in [0.25, 0.3) is 0 Å². The number of aliphatic hydroxyl groups excluding tert-OH is 1. The van der Waals surface area contributed by atoms with Crippen LogP contribution in [-0.2, 0) is 6.54 Å². The highest BCUT2D eigenvalue weighted by Gasteiger charge is 2.14. The van der Waals surface area contributed by atoms with E-state index in [-0.39, 0.29) is 18.4 Å². The van der Waals surface area contributed by atoms with Crippen molar-refractivity contribution >= 4 is 5.97 Å². The Hall–Kier alpha value is -1.33. The zero-order valence-corrected chi connectivity index (χ0v) is 9.49. The summed E-state index contributed by atoms with van der Waals surface area (Å²) < 4.78 is 5.17. The molecule has 1 aromatic rings. The predicted octanol–water partition coefficient (Wildman–Crippen LogP) is 1.15. The van der Waals surface area contributed by atoms with Gasteiger partial charge in [0.25, 0.3) is 0 Å². The third-order valence-electron chi connectivity index (χ3n) is 2.44. The number of rotatable bonds is 6. The summed E-state index contributed by atoms with van der Waals surface area (Å²) in [4.78, 5) is 10.7. The van der Waals surface area contributed by atoms with E-state index in [4.69, 9.17) is 14.6 Å². The Morgan fingerprint density at radius 1 is 1.62 bits per heavy atom. The second-order valence-electron chi connectivity index (χ2n) is 3.70. The van der Waals surface area contributed by atoms with E-state index in [2.05, 4.69) is 5.32 Å². The molecule has 0 bridgehead atoms. The van der Waals surface area contributed by atoms with Crippen molar-refractivity contribution < 1.29 is 19.4 Å². The Bertz CT molecular complexity index is 355. The van der Waals surface area contributed by atoms with Crippen molar-refractivity contribution in [3.63, 3.8) is 0 Å². The number of aromatic carboxylic acids is 1. The second-order valence-corrected chi connectivity index (χ2v) is 3.70. The van der Waals surface area contributed by atoms with Gasteiger partial charge in [0.15, 0.2) is 0 Å². The Kier molecular flexibility index (Phi) is 4.52. The van der Waals surface area contributed by atoms with Gasteiger partial charge in [0.05, 0.1) is 13.2 Å². The van der Waals surface area contributed by atoms with E-state index in [0.717, 1.165) is 6.42 Å². The molecule has 0 aliphatic rings. The van der Waals surface area contributed by atoms with Crippen LogP contribution in [0.2, 0.25) is 0 Å². The first-order valence-corrected chi connectivity index (χ1v) is 5.25. The van der Waals surface area contributed by atoms with Gasteiger partial charge in [0.1, 0.15) is 5.76 Å². The minimum absolute atomic E-state index is 0.0127. The third-order valence-corrected chi connectivity index (χ3v) is 2.44. The molecule has 0 saturated carbocycles. The van der Waals surface area contributed by atoms with Crippen molar-refractivity contribution in [2.75, 3.05) is 6.61 Å². The number of hydrogen-bond donors (Lipinski definition) is 3. The average molecular weight is 227 g/mol. The Labute approximate surface area is 94.1 Å². The van der Waals surface area contributed by atoms with Crippen molar-refractivity contribution in [3.05, 3.63) is 23.2 Å². The van der Waals surface area contributed by atoms with Crippen LogP contribution in [0.1, 0.15) is 35.2 Å². The molecule has 90 valence electrons. The van der Waals surface area contributed by atoms with Crippen molar-refractivity contribution in [2.24, 2.45) is 0 Å². The third kappa shape index (κ3) is 3.08. The fraction of sp³-hybridized carbons (Fsp3) is 0.545. The summed E-state index contributed by atoms with van der Waals surface area (Å²) in [6.45, 7) is 4.14. The molecule has 5 nitrogen and oxygen atoms in total. The van der Waals surface area contributed by atoms with Gasteiger partial charge in [-0.2, -0.15) is 0 Å². The summed E-state index contributed by atoms with van der Waals surface area (Å²) >= 11 is 0. The molecule has 0 amide bonds. The zero-order valence-electron chi connectivity index (χ0n) is 9.49. The second kappa shape index (κ2) is 5.67. The number of carboxylic acid groups (broad SMARTS) is 1. The van der Waals surface area contributed by atoms with Crippen molar-refractivity contribution in [2.45, 2.75) is 32.9 Å². The number of hydrogen-bond acceptors (Lipinski definition) is 4. The van der Waals surface area contributed by atoms with E-state index in [0.29, 0.717) is 17.9 Å². The molecule has 3 N–H and O–H groups in total. The fourth-order valence-electron chi connectivity index (χ4n) is 1.43. The molecule has 1 heterocycles. The van der Waals surface area contributed by atoms with Crippen LogP contribution >= 0.6 is 0 Å². The first-order chi connectivity index (χ1) is 7.58. The van der Waals surface area contributed by atoms with Gasteiger partial charge in [0.2, 0.25) is 5.76 Å². The van der Waals surface area contributed by atoms with Crippen LogP contribution in [0.15, 0.2) is 10.5 Å². The lowest BCUT2D eigenvalue weighted by Crippen LogP contribution is -2.30. The Balaban J connectivity index is 2.61. The van der Waals surface area contributed by atoms with Gasteiger partial charge in [-0.3, -0.25) is 0 Å². The highest BCUT2D eigenvalue weighted by Crippen LogP contribution is 2.14. The lowest BCUT2D eigenvalue weighted by molar-refractivity contribution is 0.0659. The summed E-state index contributed by atoms with van der Waals surface area (Å²) in [5.74, 6) is -0.506. The standard InChI is InChI=1S/C11H17NO4/c1-3-8(6-13)12-5-9-4-7(2)10(16-9)11(14)15/h4,8,12-13H,3,5-6H2,1-2H3,(H,14,15). The number of aryl methyl sites for hydroxylation is 1. The maximum Gasteiger partial charge on any atom is 0.372 e. The first kappa shape index (κ1) is 12.7.